The summed E-state index contributed by atoms with van der Waals surface area (Å²) < 4.78 is 2.81. The molecule has 3 rings (SSSR count). The summed E-state index contributed by atoms with van der Waals surface area (Å²) in [5.41, 5.74) is 2.67. The molecule has 0 aliphatic carbocycles. The third-order valence-corrected chi connectivity index (χ3v) is 4.89. The first kappa shape index (κ1) is 14.6. The number of hydrogen-bond acceptors (Lipinski definition) is 5. The van der Waals surface area contributed by atoms with Crippen molar-refractivity contribution < 1.29 is 9.90 Å². The molecular weight excluding hydrogens is 374 g/mol. The van der Waals surface area contributed by atoms with Gasteiger partial charge in [-0.1, -0.05) is 11.8 Å². The standard InChI is InChI=1S/C13H10BrN3O2S2/c14-9-3-10-12(15-4-9)17(5-8-1-2-20-6-8)13(16-10)21-7-11(18)19/h1-4,6H,5,7H2,(H,18,19). The summed E-state index contributed by atoms with van der Waals surface area (Å²) in [5, 5.41) is 13.6. The van der Waals surface area contributed by atoms with E-state index < -0.39 is 5.97 Å². The highest BCUT2D eigenvalue weighted by molar-refractivity contribution is 9.10. The van der Waals surface area contributed by atoms with Gasteiger partial charge in [-0.3, -0.25) is 9.36 Å². The molecule has 8 heteroatoms. The molecule has 0 aromatic carbocycles. The molecule has 21 heavy (non-hydrogen) atoms. The van der Waals surface area contributed by atoms with Crippen LogP contribution in [0.5, 0.6) is 0 Å². The highest BCUT2D eigenvalue weighted by atomic mass is 79.9. The molecule has 3 heterocycles. The number of aliphatic carboxylic acids is 1. The Kier molecular flexibility index (Phi) is 4.27. The number of nitrogens with zero attached hydrogens (tertiary/aromatic N) is 3. The highest BCUT2D eigenvalue weighted by Crippen LogP contribution is 2.26. The molecule has 108 valence electrons. The zero-order valence-corrected chi connectivity index (χ0v) is 13.9. The molecule has 5 nitrogen and oxygen atoms in total. The Labute approximate surface area is 137 Å². The first-order chi connectivity index (χ1) is 10.1. The maximum Gasteiger partial charge on any atom is 0.313 e. The Bertz CT molecular complexity index is 786. The zero-order valence-electron chi connectivity index (χ0n) is 10.7. The summed E-state index contributed by atoms with van der Waals surface area (Å²) in [6, 6.07) is 3.93. The molecule has 3 aromatic rings. The summed E-state index contributed by atoms with van der Waals surface area (Å²) in [6.07, 6.45) is 1.72. The lowest BCUT2D eigenvalue weighted by atomic mass is 10.3. The van der Waals surface area contributed by atoms with Crippen molar-refractivity contribution in [3.63, 3.8) is 0 Å². The number of thioether (sulfide) groups is 1. The van der Waals surface area contributed by atoms with Gasteiger partial charge in [0.2, 0.25) is 0 Å². The zero-order chi connectivity index (χ0) is 14.8. The van der Waals surface area contributed by atoms with E-state index in [-0.39, 0.29) is 5.75 Å². The van der Waals surface area contributed by atoms with E-state index in [9.17, 15) is 4.79 Å². The second kappa shape index (κ2) is 6.17. The second-order valence-corrected chi connectivity index (χ2v) is 6.93. The third-order valence-electron chi connectivity index (χ3n) is 2.76. The predicted molar refractivity (Wildman–Crippen MR) is 87.0 cm³/mol. The van der Waals surface area contributed by atoms with Gasteiger partial charge >= 0.3 is 5.97 Å². The Hall–Kier alpha value is -1.38. The summed E-state index contributed by atoms with van der Waals surface area (Å²) in [7, 11) is 0. The van der Waals surface area contributed by atoms with Crippen molar-refractivity contribution in [2.24, 2.45) is 0 Å². The number of carbonyl (C=O) groups is 1. The fraction of sp³-hybridized carbons (Fsp3) is 0.154. The molecule has 0 aliphatic rings. The van der Waals surface area contributed by atoms with Crippen LogP contribution in [0.4, 0.5) is 0 Å². The van der Waals surface area contributed by atoms with Crippen LogP contribution in [-0.2, 0) is 11.3 Å². The highest BCUT2D eigenvalue weighted by Gasteiger charge is 2.14. The van der Waals surface area contributed by atoms with Crippen molar-refractivity contribution in [3.8, 4) is 0 Å². The number of carboxylic acids is 1. The summed E-state index contributed by atoms with van der Waals surface area (Å²) in [6.45, 7) is 0.636. The average molecular weight is 384 g/mol. The molecule has 0 atom stereocenters. The molecule has 0 unspecified atom stereocenters. The van der Waals surface area contributed by atoms with E-state index in [0.29, 0.717) is 11.7 Å². The van der Waals surface area contributed by atoms with E-state index in [0.717, 1.165) is 21.2 Å². The van der Waals surface area contributed by atoms with E-state index in [1.165, 1.54) is 11.8 Å². The fourth-order valence-corrected chi connectivity index (χ4v) is 3.61. The summed E-state index contributed by atoms with van der Waals surface area (Å²) in [5.74, 6) is -0.878. The number of aromatic nitrogens is 3. The molecule has 0 amide bonds. The van der Waals surface area contributed by atoms with Gasteiger partial charge in [-0.05, 0) is 44.4 Å². The van der Waals surface area contributed by atoms with Crippen LogP contribution >= 0.6 is 39.0 Å². The largest absolute Gasteiger partial charge is 0.481 e. The van der Waals surface area contributed by atoms with Crippen LogP contribution in [0.1, 0.15) is 5.56 Å². The van der Waals surface area contributed by atoms with E-state index in [2.05, 4.69) is 31.3 Å². The minimum atomic E-state index is -0.858. The summed E-state index contributed by atoms with van der Waals surface area (Å²) in [4.78, 5) is 19.7. The molecule has 0 fully saturated rings. The van der Waals surface area contributed by atoms with E-state index in [1.807, 2.05) is 22.1 Å². The lowest BCUT2D eigenvalue weighted by Gasteiger charge is -2.06. The number of rotatable bonds is 5. The summed E-state index contributed by atoms with van der Waals surface area (Å²) >= 11 is 6.22. The molecule has 1 N–H and O–H groups in total. The lowest BCUT2D eigenvalue weighted by molar-refractivity contribution is -0.133. The number of imidazole rings is 1. The van der Waals surface area contributed by atoms with Crippen LogP contribution in [0.25, 0.3) is 11.2 Å². The topological polar surface area (TPSA) is 68.0 Å². The molecular formula is C13H10BrN3O2S2. The first-order valence-corrected chi connectivity index (χ1v) is 8.73. The SMILES string of the molecule is O=C(O)CSc1nc2cc(Br)cnc2n1Cc1ccsc1. The molecule has 0 bridgehead atoms. The van der Waals surface area contributed by atoms with Gasteiger partial charge in [-0.2, -0.15) is 11.3 Å². The minimum Gasteiger partial charge on any atom is -0.481 e. The van der Waals surface area contributed by atoms with Gasteiger partial charge < -0.3 is 5.11 Å². The first-order valence-electron chi connectivity index (χ1n) is 6.01. The number of halogens is 1. The van der Waals surface area contributed by atoms with Gasteiger partial charge in [0, 0.05) is 10.7 Å². The van der Waals surface area contributed by atoms with Crippen molar-refractivity contribution in [2.75, 3.05) is 5.75 Å². The molecule has 0 saturated heterocycles. The maximum absolute atomic E-state index is 10.8. The van der Waals surface area contributed by atoms with Crippen molar-refractivity contribution in [1.29, 1.82) is 0 Å². The van der Waals surface area contributed by atoms with Crippen molar-refractivity contribution >= 4 is 56.2 Å². The van der Waals surface area contributed by atoms with Gasteiger partial charge in [-0.15, -0.1) is 0 Å². The lowest BCUT2D eigenvalue weighted by Crippen LogP contribution is -2.04. The van der Waals surface area contributed by atoms with Gasteiger partial charge in [0.1, 0.15) is 5.52 Å². The number of carboxylic acid groups (broad SMARTS) is 1. The predicted octanol–water partition coefficient (Wildman–Crippen LogP) is 3.48. The van der Waals surface area contributed by atoms with E-state index in [4.69, 9.17) is 5.11 Å². The average Bonchev–Trinajstić information content (AvgIpc) is 3.05. The van der Waals surface area contributed by atoms with Crippen LogP contribution in [0.15, 0.2) is 38.7 Å². The fourth-order valence-electron chi connectivity index (χ4n) is 1.91. The van der Waals surface area contributed by atoms with Crippen LogP contribution in [0.3, 0.4) is 0 Å². The van der Waals surface area contributed by atoms with Gasteiger partial charge in [-0.25, -0.2) is 9.97 Å². The Morgan fingerprint density at radius 1 is 1.52 bits per heavy atom. The van der Waals surface area contributed by atoms with E-state index in [1.54, 1.807) is 17.5 Å². The number of pyridine rings is 1. The quantitative estimate of drug-likeness (QED) is 0.683. The van der Waals surface area contributed by atoms with Crippen molar-refractivity contribution in [3.05, 3.63) is 39.1 Å². The molecule has 0 spiro atoms. The van der Waals surface area contributed by atoms with Gasteiger partial charge in [0.15, 0.2) is 10.8 Å². The second-order valence-electron chi connectivity index (χ2n) is 4.29. The van der Waals surface area contributed by atoms with Crippen molar-refractivity contribution in [2.45, 2.75) is 11.7 Å². The van der Waals surface area contributed by atoms with Crippen LogP contribution in [-0.4, -0.2) is 31.4 Å². The van der Waals surface area contributed by atoms with Gasteiger partial charge in [0.05, 0.1) is 12.3 Å². The monoisotopic (exact) mass is 383 g/mol. The van der Waals surface area contributed by atoms with Crippen LogP contribution in [0, 0.1) is 0 Å². The smallest absolute Gasteiger partial charge is 0.313 e. The Morgan fingerprint density at radius 2 is 2.38 bits per heavy atom. The minimum absolute atomic E-state index is 0.0197. The van der Waals surface area contributed by atoms with Crippen LogP contribution < -0.4 is 0 Å². The molecule has 0 aliphatic heterocycles. The molecule has 0 radical (unpaired) electrons. The van der Waals surface area contributed by atoms with Gasteiger partial charge in [0.25, 0.3) is 0 Å². The third kappa shape index (κ3) is 3.28. The van der Waals surface area contributed by atoms with E-state index >= 15 is 0 Å². The normalized spacial score (nSPS) is 11.1. The molecule has 3 aromatic heterocycles. The van der Waals surface area contributed by atoms with Crippen molar-refractivity contribution in [1.82, 2.24) is 14.5 Å². The number of fused-ring (bicyclic) bond motifs is 1. The maximum atomic E-state index is 10.8. The number of thiophene rings is 1. The number of hydrogen-bond donors (Lipinski definition) is 1. The Balaban J connectivity index is 2.03. The molecule has 0 saturated carbocycles. The van der Waals surface area contributed by atoms with Crippen LogP contribution in [0.2, 0.25) is 0 Å². The Morgan fingerprint density at radius 3 is 3.10 bits per heavy atom.